The van der Waals surface area contributed by atoms with Gasteiger partial charge in [-0.25, -0.2) is 14.4 Å². The Kier molecular flexibility index (Phi) is 10.8. The molecule has 0 aromatic heterocycles. The minimum absolute atomic E-state index is 0.0230. The highest BCUT2D eigenvalue weighted by Gasteiger charge is 2.67. The van der Waals surface area contributed by atoms with E-state index in [4.69, 9.17) is 19.6 Å². The first-order valence-electron chi connectivity index (χ1n) is 14.3. The number of nitrogens with two attached hydrogens (primary N) is 1. The van der Waals surface area contributed by atoms with Crippen molar-refractivity contribution in [3.8, 4) is 0 Å². The zero-order chi connectivity index (χ0) is 31.6. The van der Waals surface area contributed by atoms with Crippen LogP contribution in [0, 0.1) is 17.3 Å². The number of likely N-dealkylation sites (tertiary alicyclic amines) is 1. The van der Waals surface area contributed by atoms with Gasteiger partial charge in [-0.1, -0.05) is 40.3 Å². The number of carboxylic acid groups (broad SMARTS) is 1. The number of hydrogen-bond donors (Lipinski definition) is 3. The number of aliphatic carboxylic acids is 1. The third-order valence-electron chi connectivity index (χ3n) is 8.39. The number of nitrogens with zero attached hydrogens (tertiary/aromatic N) is 2. The number of urea groups is 1. The van der Waals surface area contributed by atoms with Gasteiger partial charge in [0.1, 0.15) is 12.3 Å². The van der Waals surface area contributed by atoms with Crippen molar-refractivity contribution in [1.82, 2.24) is 15.1 Å². The zero-order valence-electron chi connectivity index (χ0n) is 25.7. The third kappa shape index (κ3) is 6.81. The molecule has 2 fully saturated rings. The van der Waals surface area contributed by atoms with Gasteiger partial charge in [0.15, 0.2) is 9.04 Å². The third-order valence-corrected chi connectivity index (χ3v) is 10.8. The average Bonchev–Trinajstić information content (AvgIpc) is 3.38. The molecule has 0 aromatic rings. The highest BCUT2D eigenvalue weighted by molar-refractivity contribution is 8.03. The minimum Gasteiger partial charge on any atom is -0.477 e. The molecule has 4 amide bonds. The van der Waals surface area contributed by atoms with Gasteiger partial charge in [-0.2, -0.15) is 0 Å². The molecule has 3 aliphatic rings. The summed E-state index contributed by atoms with van der Waals surface area (Å²) in [5.74, 6) is -2.06. The van der Waals surface area contributed by atoms with Gasteiger partial charge in [0.2, 0.25) is 5.91 Å². The summed E-state index contributed by atoms with van der Waals surface area (Å²) in [5.41, 5.74) is 4.00. The zero-order valence-corrected chi connectivity index (χ0v) is 27.6. The van der Waals surface area contributed by atoms with E-state index in [1.807, 2.05) is 13.8 Å². The first-order valence-corrected chi connectivity index (χ1v) is 18.0. The van der Waals surface area contributed by atoms with Crippen LogP contribution >= 0.6 is 11.8 Å². The number of thioether (sulfide) groups is 1. The highest BCUT2D eigenvalue weighted by Crippen LogP contribution is 2.57. The summed E-state index contributed by atoms with van der Waals surface area (Å²) in [6.45, 7) is 18.9. The average molecular weight is 627 g/mol. The number of carbonyl (C=O) groups is 4. The van der Waals surface area contributed by atoms with Gasteiger partial charge in [-0.15, -0.1) is 11.8 Å². The summed E-state index contributed by atoms with van der Waals surface area (Å²) < 4.78 is 17.6. The molecule has 3 aliphatic heterocycles. The number of hydrogen-bond acceptors (Lipinski definition) is 8. The maximum atomic E-state index is 13.7. The van der Waals surface area contributed by atoms with Crippen molar-refractivity contribution >= 4 is 44.8 Å². The van der Waals surface area contributed by atoms with Crippen LogP contribution in [0.4, 0.5) is 9.59 Å². The van der Waals surface area contributed by atoms with Crippen molar-refractivity contribution in [2.75, 3.05) is 32.9 Å². The lowest BCUT2D eigenvalue weighted by Gasteiger charge is -2.57. The van der Waals surface area contributed by atoms with Gasteiger partial charge in [0.25, 0.3) is 0 Å². The molecule has 0 bridgehead atoms. The molecule has 14 heteroatoms. The Labute approximate surface area is 254 Å². The molecule has 3 rings (SSSR count). The van der Waals surface area contributed by atoms with Crippen LogP contribution in [0.15, 0.2) is 23.3 Å². The summed E-state index contributed by atoms with van der Waals surface area (Å²) in [4.78, 5) is 53.7. The number of ether oxygens (including phenoxy) is 2. The van der Waals surface area contributed by atoms with Gasteiger partial charge < -0.3 is 39.9 Å². The van der Waals surface area contributed by atoms with E-state index in [0.29, 0.717) is 17.9 Å². The topological polar surface area (TPSA) is 161 Å². The van der Waals surface area contributed by atoms with Crippen LogP contribution < -0.4 is 11.1 Å². The molecule has 3 heterocycles. The maximum Gasteiger partial charge on any atom is 0.410 e. The first-order chi connectivity index (χ1) is 19.5. The largest absolute Gasteiger partial charge is 0.477 e. The number of rotatable bonds is 13. The predicted molar refractivity (Wildman–Crippen MR) is 162 cm³/mol. The molecule has 2 saturated heterocycles. The molecule has 0 aliphatic carbocycles. The van der Waals surface area contributed by atoms with Crippen molar-refractivity contribution < 1.29 is 38.2 Å². The number of primary amides is 1. The monoisotopic (exact) mass is 626 g/mol. The van der Waals surface area contributed by atoms with E-state index in [1.54, 1.807) is 4.90 Å². The summed E-state index contributed by atoms with van der Waals surface area (Å²) in [5, 5.41) is 12.6. The van der Waals surface area contributed by atoms with Gasteiger partial charge >= 0.3 is 18.1 Å². The van der Waals surface area contributed by atoms with E-state index in [1.165, 1.54) is 22.7 Å². The van der Waals surface area contributed by atoms with Crippen molar-refractivity contribution in [3.63, 3.8) is 0 Å². The number of β-lactam (4-membered cyclic amide) rings is 1. The summed E-state index contributed by atoms with van der Waals surface area (Å²) in [7, 11) is -1.55. The van der Waals surface area contributed by atoms with Crippen molar-refractivity contribution in [1.29, 1.82) is 0 Å². The molecule has 4 N–H and O–H groups in total. The fraction of sp³-hybridized carbons (Fsp3) is 0.714. The number of carboxylic acids is 1. The number of carbonyl (C=O) groups excluding carboxylic acids is 3. The molecule has 6 atom stereocenters. The van der Waals surface area contributed by atoms with Gasteiger partial charge in [-0.3, -0.25) is 4.79 Å². The second-order valence-corrected chi connectivity index (χ2v) is 16.2. The molecule has 0 radical (unpaired) electrons. The van der Waals surface area contributed by atoms with Crippen molar-refractivity contribution in [2.45, 2.75) is 77.1 Å². The van der Waals surface area contributed by atoms with Crippen LogP contribution in [0.5, 0.6) is 0 Å². The quantitative estimate of drug-likeness (QED) is 0.121. The van der Waals surface area contributed by atoms with Crippen LogP contribution in [0.2, 0.25) is 13.1 Å². The van der Waals surface area contributed by atoms with E-state index >= 15 is 0 Å². The van der Waals surface area contributed by atoms with Gasteiger partial charge in [0.05, 0.1) is 36.8 Å². The lowest BCUT2D eigenvalue weighted by atomic mass is 9.62. The van der Waals surface area contributed by atoms with Crippen molar-refractivity contribution in [2.24, 2.45) is 23.0 Å². The smallest absolute Gasteiger partial charge is 0.410 e. The van der Waals surface area contributed by atoms with E-state index in [2.05, 4.69) is 45.8 Å². The molecule has 0 saturated carbocycles. The van der Waals surface area contributed by atoms with Crippen LogP contribution in [0.3, 0.4) is 0 Å². The Morgan fingerprint density at radius 1 is 1.26 bits per heavy atom. The lowest BCUT2D eigenvalue weighted by Crippen LogP contribution is -2.71. The first kappa shape index (κ1) is 33.9. The molecule has 42 heavy (non-hydrogen) atoms. The Hall–Kier alpha value is -2.55. The van der Waals surface area contributed by atoms with Gasteiger partial charge in [-0.05, 0) is 31.9 Å². The molecule has 0 aromatic carbocycles. The van der Waals surface area contributed by atoms with E-state index in [9.17, 15) is 24.3 Å². The summed E-state index contributed by atoms with van der Waals surface area (Å²) >= 11 is 1.41. The molecular weight excluding hydrogens is 580 g/mol. The minimum atomic E-state index is -1.55. The number of amides is 4. The van der Waals surface area contributed by atoms with Crippen LogP contribution in [-0.2, 0) is 23.5 Å². The Bertz CT molecular complexity index is 1110. The normalized spacial score (nSPS) is 27.0. The second-order valence-electron chi connectivity index (χ2n) is 12.5. The summed E-state index contributed by atoms with van der Waals surface area (Å²) in [6.07, 6.45) is 1.51. The molecule has 0 unspecified atom stereocenters. The van der Waals surface area contributed by atoms with Crippen molar-refractivity contribution in [3.05, 3.63) is 23.3 Å². The number of nitrogens with one attached hydrogen (secondary N) is 1. The van der Waals surface area contributed by atoms with E-state index in [0.717, 1.165) is 0 Å². The Morgan fingerprint density at radius 2 is 1.93 bits per heavy atom. The highest BCUT2D eigenvalue weighted by atomic mass is 32.2. The Balaban J connectivity index is 1.82. The molecule has 0 spiro atoms. The standard InChI is InChI=1S/C28H46N4O8SSi/c1-9-11-39-26(37)31-14-18(13-17(31)15-38-12-10-30-25(29)36)41-22-16(2)20-19(23(33)32(20)21(22)24(34)35)28(6,27(3,4)5)40-42(7)8/h9,16-20,42H,1,10-15H2,2-8H3,(H,34,35)(H3,29,30,36)/t16-,17+,18+,19-,20-,28-/m1/s1. The predicted octanol–water partition coefficient (Wildman–Crippen LogP) is 2.75. The fourth-order valence-electron chi connectivity index (χ4n) is 6.11. The SMILES string of the molecule is C=CCOC(=O)N1C[C@@H](SC2=C(C(=O)O)N3C(=O)[C@H]([C@@](C)(O[SiH](C)C)C(C)(C)C)[C@H]3[C@H]2C)C[C@H]1COCCNC(N)=O. The maximum absolute atomic E-state index is 13.7. The molecule has 12 nitrogen and oxygen atoms in total. The van der Waals surface area contributed by atoms with Crippen LogP contribution in [0.25, 0.3) is 0 Å². The lowest BCUT2D eigenvalue weighted by molar-refractivity contribution is -0.183. The second kappa shape index (κ2) is 13.4. The van der Waals surface area contributed by atoms with E-state index < -0.39 is 38.7 Å². The van der Waals surface area contributed by atoms with Gasteiger partial charge in [0, 0.05) is 29.2 Å². The van der Waals surface area contributed by atoms with Crippen LogP contribution in [-0.4, -0.2) is 104 Å². The Morgan fingerprint density at radius 3 is 2.48 bits per heavy atom. The summed E-state index contributed by atoms with van der Waals surface area (Å²) in [6, 6.07) is -1.29. The van der Waals surface area contributed by atoms with E-state index in [-0.39, 0.29) is 66.6 Å². The van der Waals surface area contributed by atoms with Crippen LogP contribution in [0.1, 0.15) is 41.0 Å². The molecular formula is C28H46N4O8SSi. The fourth-order valence-corrected chi connectivity index (χ4v) is 9.15. The number of fused-ring (bicyclic) bond motifs is 1. The molecule has 236 valence electrons.